The third-order valence-corrected chi connectivity index (χ3v) is 4.20. The molecule has 0 radical (unpaired) electrons. The first kappa shape index (κ1) is 15.3. The first-order valence-corrected chi connectivity index (χ1v) is 7.79. The molecule has 0 unspecified atom stereocenters. The molecule has 1 aromatic heterocycles. The van der Waals surface area contributed by atoms with Gasteiger partial charge in [0.05, 0.1) is 17.4 Å². The number of anilines is 1. The Labute approximate surface area is 126 Å². The molecule has 0 bridgehead atoms. The van der Waals surface area contributed by atoms with E-state index in [1.165, 1.54) is 24.4 Å². The minimum atomic E-state index is -3.95. The first-order chi connectivity index (χ1) is 9.83. The van der Waals surface area contributed by atoms with Gasteiger partial charge in [0, 0.05) is 11.4 Å². The molecule has 0 aliphatic carbocycles. The van der Waals surface area contributed by atoms with Gasteiger partial charge in [-0.2, -0.15) is 8.42 Å². The number of hydrogen-bond donors (Lipinski definition) is 3. The van der Waals surface area contributed by atoms with E-state index < -0.39 is 16.0 Å². The summed E-state index contributed by atoms with van der Waals surface area (Å²) in [5.41, 5.74) is -0.305. The number of aromatic nitrogens is 2. The number of aryl methyl sites for hydroxylation is 1. The lowest BCUT2D eigenvalue weighted by molar-refractivity contribution is 0.0698. The van der Waals surface area contributed by atoms with E-state index >= 15 is 0 Å². The number of hydrogen-bond acceptors (Lipinski definition) is 4. The van der Waals surface area contributed by atoms with Crippen molar-refractivity contribution >= 4 is 33.3 Å². The molecule has 1 heterocycles. The van der Waals surface area contributed by atoms with Gasteiger partial charge in [-0.3, -0.25) is 4.72 Å². The third-order valence-electron chi connectivity index (χ3n) is 2.69. The number of carboxylic acids is 1. The predicted molar refractivity (Wildman–Crippen MR) is 77.2 cm³/mol. The lowest BCUT2D eigenvalue weighted by atomic mass is 10.2. The molecule has 7 nitrogen and oxygen atoms in total. The summed E-state index contributed by atoms with van der Waals surface area (Å²) in [5, 5.41) is 9.15. The van der Waals surface area contributed by atoms with Gasteiger partial charge >= 0.3 is 5.97 Å². The second kappa shape index (κ2) is 5.74. The smallest absolute Gasteiger partial charge is 0.337 e. The van der Waals surface area contributed by atoms with E-state index in [0.29, 0.717) is 12.2 Å². The second-order valence-electron chi connectivity index (χ2n) is 4.15. The van der Waals surface area contributed by atoms with Gasteiger partial charge in [0.15, 0.2) is 5.03 Å². The fourth-order valence-electron chi connectivity index (χ4n) is 1.64. The van der Waals surface area contributed by atoms with Crippen LogP contribution in [0, 0.1) is 0 Å². The fourth-order valence-corrected chi connectivity index (χ4v) is 2.83. The highest BCUT2D eigenvalue weighted by molar-refractivity contribution is 7.92. The van der Waals surface area contributed by atoms with Crippen LogP contribution in [-0.4, -0.2) is 29.5 Å². The number of halogens is 1. The zero-order chi connectivity index (χ0) is 15.6. The number of nitrogens with one attached hydrogen (secondary N) is 2. The van der Waals surface area contributed by atoms with Gasteiger partial charge in [-0.25, -0.2) is 9.78 Å². The Morgan fingerprint density at radius 1 is 1.48 bits per heavy atom. The van der Waals surface area contributed by atoms with E-state index in [2.05, 4.69) is 14.7 Å². The summed E-state index contributed by atoms with van der Waals surface area (Å²) in [6.45, 7) is 1.82. The molecule has 2 rings (SSSR count). The van der Waals surface area contributed by atoms with Gasteiger partial charge < -0.3 is 10.1 Å². The molecular formula is C12H12ClN3O4S. The molecule has 0 saturated heterocycles. The van der Waals surface area contributed by atoms with E-state index in [0.717, 1.165) is 0 Å². The quantitative estimate of drug-likeness (QED) is 0.777. The average molecular weight is 330 g/mol. The Hall–Kier alpha value is -2.06. The van der Waals surface area contributed by atoms with Gasteiger partial charge in [-0.1, -0.05) is 18.5 Å². The van der Waals surface area contributed by atoms with Crippen molar-refractivity contribution in [2.75, 3.05) is 4.72 Å². The van der Waals surface area contributed by atoms with Gasteiger partial charge in [0.2, 0.25) is 0 Å². The predicted octanol–water partition coefficient (Wildman–Crippen LogP) is 2.12. The van der Waals surface area contributed by atoms with Crippen molar-refractivity contribution in [1.29, 1.82) is 0 Å². The van der Waals surface area contributed by atoms with E-state index in [1.807, 2.05) is 6.92 Å². The highest BCUT2D eigenvalue weighted by atomic mass is 35.5. The zero-order valence-corrected chi connectivity index (χ0v) is 12.5. The molecule has 0 aliphatic rings. The summed E-state index contributed by atoms with van der Waals surface area (Å²) in [6, 6.07) is 3.86. The van der Waals surface area contributed by atoms with E-state index in [4.69, 9.17) is 16.7 Å². The molecule has 0 aliphatic heterocycles. The van der Waals surface area contributed by atoms with Crippen LogP contribution in [0.25, 0.3) is 0 Å². The Bertz CT molecular complexity index is 786. The number of nitrogens with zero attached hydrogens (tertiary/aromatic N) is 1. The van der Waals surface area contributed by atoms with Crippen LogP contribution < -0.4 is 4.72 Å². The van der Waals surface area contributed by atoms with Gasteiger partial charge in [0.25, 0.3) is 10.0 Å². The maximum atomic E-state index is 12.2. The molecule has 1 aromatic carbocycles. The van der Waals surface area contributed by atoms with Crippen molar-refractivity contribution in [3.8, 4) is 0 Å². The van der Waals surface area contributed by atoms with Crippen LogP contribution in [0.2, 0.25) is 5.02 Å². The van der Waals surface area contributed by atoms with Crippen molar-refractivity contribution in [3.63, 3.8) is 0 Å². The Balaban J connectivity index is 2.39. The number of sulfonamides is 1. The summed E-state index contributed by atoms with van der Waals surface area (Å²) in [6.07, 6.45) is 1.73. The molecule has 21 heavy (non-hydrogen) atoms. The molecule has 9 heteroatoms. The van der Waals surface area contributed by atoms with Gasteiger partial charge in [-0.05, 0) is 18.2 Å². The summed E-state index contributed by atoms with van der Waals surface area (Å²) < 4.78 is 26.6. The molecule has 3 N–H and O–H groups in total. The summed E-state index contributed by atoms with van der Waals surface area (Å²) in [5.74, 6) is -0.765. The third kappa shape index (κ3) is 3.34. The monoisotopic (exact) mass is 329 g/mol. The van der Waals surface area contributed by atoms with E-state index in [1.54, 1.807) is 0 Å². The highest BCUT2D eigenvalue weighted by Gasteiger charge is 2.20. The van der Waals surface area contributed by atoms with E-state index in [9.17, 15) is 13.2 Å². The van der Waals surface area contributed by atoms with E-state index in [-0.39, 0.29) is 21.3 Å². The Kier molecular flexibility index (Phi) is 4.19. The number of benzene rings is 1. The van der Waals surface area contributed by atoms with Crippen LogP contribution >= 0.6 is 11.6 Å². The number of aromatic amines is 1. The minimum Gasteiger partial charge on any atom is -0.478 e. The number of imidazole rings is 1. The van der Waals surface area contributed by atoms with Crippen LogP contribution in [0.3, 0.4) is 0 Å². The molecule has 112 valence electrons. The number of carbonyl (C=O) groups is 1. The van der Waals surface area contributed by atoms with Crippen molar-refractivity contribution in [2.24, 2.45) is 0 Å². The standard InChI is InChI=1S/C12H12ClN3O4S/c1-2-10-14-6-11(15-10)21(19,20)16-9-4-3-7(13)5-8(9)12(17)18/h3-6,16H,2H2,1H3,(H,14,15)(H,17,18). The number of aromatic carboxylic acids is 1. The number of H-pyrrole nitrogens is 1. The summed E-state index contributed by atoms with van der Waals surface area (Å²) >= 11 is 5.71. The molecule has 0 atom stereocenters. The molecule has 0 amide bonds. The minimum absolute atomic E-state index is 0.0699. The second-order valence-corrected chi connectivity index (χ2v) is 6.24. The number of rotatable bonds is 5. The SMILES string of the molecule is CCc1ncc(S(=O)(=O)Nc2ccc(Cl)cc2C(=O)O)[nH]1. The lowest BCUT2D eigenvalue weighted by Gasteiger charge is -2.09. The zero-order valence-electron chi connectivity index (χ0n) is 10.9. The Morgan fingerprint density at radius 3 is 2.76 bits per heavy atom. The maximum absolute atomic E-state index is 12.2. The fraction of sp³-hybridized carbons (Fsp3) is 0.167. The molecule has 0 spiro atoms. The van der Waals surface area contributed by atoms with Crippen LogP contribution in [0.1, 0.15) is 23.1 Å². The van der Waals surface area contributed by atoms with Crippen LogP contribution in [-0.2, 0) is 16.4 Å². The van der Waals surface area contributed by atoms with Gasteiger partial charge in [-0.15, -0.1) is 0 Å². The van der Waals surface area contributed by atoms with Crippen molar-refractivity contribution in [2.45, 2.75) is 18.4 Å². The summed E-state index contributed by atoms with van der Waals surface area (Å²) in [7, 11) is -3.95. The molecular weight excluding hydrogens is 318 g/mol. The van der Waals surface area contributed by atoms with Gasteiger partial charge in [0.1, 0.15) is 5.82 Å². The van der Waals surface area contributed by atoms with Crippen molar-refractivity contribution in [1.82, 2.24) is 9.97 Å². The highest BCUT2D eigenvalue weighted by Crippen LogP contribution is 2.23. The topological polar surface area (TPSA) is 112 Å². The summed E-state index contributed by atoms with van der Waals surface area (Å²) in [4.78, 5) is 17.7. The van der Waals surface area contributed by atoms with Crippen molar-refractivity contribution < 1.29 is 18.3 Å². The lowest BCUT2D eigenvalue weighted by Crippen LogP contribution is -2.16. The maximum Gasteiger partial charge on any atom is 0.337 e. The van der Waals surface area contributed by atoms with Crippen LogP contribution in [0.5, 0.6) is 0 Å². The molecule has 2 aromatic rings. The Morgan fingerprint density at radius 2 is 2.19 bits per heavy atom. The first-order valence-electron chi connectivity index (χ1n) is 5.93. The average Bonchev–Trinajstić information content (AvgIpc) is 2.90. The number of carboxylic acid groups (broad SMARTS) is 1. The largest absolute Gasteiger partial charge is 0.478 e. The molecule has 0 saturated carbocycles. The van der Waals surface area contributed by atoms with Crippen LogP contribution in [0.4, 0.5) is 5.69 Å². The van der Waals surface area contributed by atoms with Crippen molar-refractivity contribution in [3.05, 3.63) is 40.8 Å². The normalized spacial score (nSPS) is 11.3. The van der Waals surface area contributed by atoms with Crippen LogP contribution in [0.15, 0.2) is 29.4 Å². The molecule has 0 fully saturated rings.